The van der Waals surface area contributed by atoms with Gasteiger partial charge in [0, 0.05) is 11.6 Å². The summed E-state index contributed by atoms with van der Waals surface area (Å²) in [6.45, 7) is 2.37. The molecule has 5 heteroatoms. The molecule has 1 aromatic rings. The standard InChI is InChI=1S/C13H13ClO4/c1-3-18-9-4-5-10(11(14)8-9)12(15)6-7-13(16)17-2/h4-8H,3H2,1-2H3/b7-6+. The van der Waals surface area contributed by atoms with E-state index in [-0.39, 0.29) is 10.8 Å². The predicted molar refractivity (Wildman–Crippen MR) is 68.1 cm³/mol. The lowest BCUT2D eigenvalue weighted by molar-refractivity contribution is -0.134. The number of ether oxygens (including phenoxy) is 2. The highest BCUT2D eigenvalue weighted by molar-refractivity contribution is 6.34. The Labute approximate surface area is 110 Å². The van der Waals surface area contributed by atoms with E-state index >= 15 is 0 Å². The Morgan fingerprint density at radius 2 is 2.06 bits per heavy atom. The SMILES string of the molecule is CCOc1ccc(C(=O)/C=C/C(=O)OC)c(Cl)c1. The van der Waals surface area contributed by atoms with E-state index in [1.807, 2.05) is 6.92 Å². The fourth-order valence-corrected chi connectivity index (χ4v) is 1.52. The van der Waals surface area contributed by atoms with Crippen molar-refractivity contribution in [2.75, 3.05) is 13.7 Å². The van der Waals surface area contributed by atoms with Crippen LogP contribution in [-0.2, 0) is 9.53 Å². The van der Waals surface area contributed by atoms with Crippen LogP contribution < -0.4 is 4.74 Å². The van der Waals surface area contributed by atoms with E-state index in [1.165, 1.54) is 7.11 Å². The summed E-state index contributed by atoms with van der Waals surface area (Å²) in [7, 11) is 1.24. The molecule has 0 radical (unpaired) electrons. The fourth-order valence-electron chi connectivity index (χ4n) is 1.25. The molecular formula is C13H13ClO4. The Kier molecular flexibility index (Phi) is 5.39. The van der Waals surface area contributed by atoms with Gasteiger partial charge in [-0.25, -0.2) is 4.79 Å². The molecule has 0 heterocycles. The first-order chi connectivity index (χ1) is 8.58. The first kappa shape index (κ1) is 14.3. The minimum atomic E-state index is -0.592. The first-order valence-electron chi connectivity index (χ1n) is 5.31. The Morgan fingerprint density at radius 3 is 2.61 bits per heavy atom. The number of carbonyl (C=O) groups is 2. The van der Waals surface area contributed by atoms with Crippen LogP contribution >= 0.6 is 11.6 Å². The van der Waals surface area contributed by atoms with Crippen molar-refractivity contribution in [1.29, 1.82) is 0 Å². The third-order valence-electron chi connectivity index (χ3n) is 2.09. The minimum Gasteiger partial charge on any atom is -0.494 e. The van der Waals surface area contributed by atoms with E-state index in [2.05, 4.69) is 4.74 Å². The molecule has 0 spiro atoms. The molecule has 1 aromatic carbocycles. The van der Waals surface area contributed by atoms with Crippen molar-refractivity contribution in [2.24, 2.45) is 0 Å². The van der Waals surface area contributed by atoms with Gasteiger partial charge in [-0.3, -0.25) is 4.79 Å². The summed E-state index contributed by atoms with van der Waals surface area (Å²) in [6, 6.07) is 4.76. The van der Waals surface area contributed by atoms with Crippen molar-refractivity contribution in [2.45, 2.75) is 6.92 Å². The van der Waals surface area contributed by atoms with Crippen molar-refractivity contribution < 1.29 is 19.1 Å². The van der Waals surface area contributed by atoms with Crippen LogP contribution in [0.5, 0.6) is 5.75 Å². The Balaban J connectivity index is 2.87. The predicted octanol–water partition coefficient (Wildman–Crippen LogP) is 2.65. The van der Waals surface area contributed by atoms with E-state index < -0.39 is 5.97 Å². The number of allylic oxidation sites excluding steroid dienone is 1. The zero-order valence-electron chi connectivity index (χ0n) is 10.1. The van der Waals surface area contributed by atoms with Crippen LogP contribution in [0.4, 0.5) is 0 Å². The van der Waals surface area contributed by atoms with Gasteiger partial charge in [-0.05, 0) is 31.2 Å². The minimum absolute atomic E-state index is 0.278. The number of ketones is 1. The first-order valence-corrected chi connectivity index (χ1v) is 5.69. The van der Waals surface area contributed by atoms with Crippen molar-refractivity contribution >= 4 is 23.4 Å². The number of carbonyl (C=O) groups excluding carboxylic acids is 2. The molecule has 0 N–H and O–H groups in total. The van der Waals surface area contributed by atoms with Crippen molar-refractivity contribution in [3.8, 4) is 5.75 Å². The van der Waals surface area contributed by atoms with Gasteiger partial charge in [0.15, 0.2) is 5.78 Å². The Bertz CT molecular complexity index is 480. The number of rotatable bonds is 5. The molecule has 0 amide bonds. The van der Waals surface area contributed by atoms with Crippen LogP contribution in [0.1, 0.15) is 17.3 Å². The summed E-state index contributed by atoms with van der Waals surface area (Å²) in [5, 5.41) is 0.278. The van der Waals surface area contributed by atoms with Gasteiger partial charge in [0.1, 0.15) is 5.75 Å². The molecule has 0 aliphatic heterocycles. The van der Waals surface area contributed by atoms with Crippen LogP contribution in [0.2, 0.25) is 5.02 Å². The molecule has 0 bridgehead atoms. The van der Waals surface area contributed by atoms with Gasteiger partial charge in [0.2, 0.25) is 0 Å². The lowest BCUT2D eigenvalue weighted by Crippen LogP contribution is -2.00. The Hall–Kier alpha value is -1.81. The Morgan fingerprint density at radius 1 is 1.33 bits per heavy atom. The maximum Gasteiger partial charge on any atom is 0.330 e. The van der Waals surface area contributed by atoms with Crippen molar-refractivity contribution in [1.82, 2.24) is 0 Å². The number of halogens is 1. The van der Waals surface area contributed by atoms with Crippen LogP contribution in [0.15, 0.2) is 30.4 Å². The van der Waals surface area contributed by atoms with Gasteiger partial charge in [0.25, 0.3) is 0 Å². The summed E-state index contributed by atoms with van der Waals surface area (Å²) in [5.41, 5.74) is 0.306. The average Bonchev–Trinajstić information content (AvgIpc) is 2.36. The van der Waals surface area contributed by atoms with Gasteiger partial charge < -0.3 is 9.47 Å². The maximum absolute atomic E-state index is 11.7. The number of hydrogen-bond acceptors (Lipinski definition) is 4. The highest BCUT2D eigenvalue weighted by Crippen LogP contribution is 2.23. The van der Waals surface area contributed by atoms with Gasteiger partial charge in [-0.1, -0.05) is 11.6 Å². The summed E-state index contributed by atoms with van der Waals surface area (Å²) in [5.74, 6) is -0.366. The van der Waals surface area contributed by atoms with E-state index in [0.717, 1.165) is 12.2 Å². The second-order valence-corrected chi connectivity index (χ2v) is 3.70. The molecule has 1 rings (SSSR count). The summed E-state index contributed by atoms with van der Waals surface area (Å²) in [6.07, 6.45) is 2.17. The molecule has 0 saturated carbocycles. The van der Waals surface area contributed by atoms with E-state index in [0.29, 0.717) is 17.9 Å². The number of benzene rings is 1. The van der Waals surface area contributed by atoms with Gasteiger partial charge in [-0.2, -0.15) is 0 Å². The fraction of sp³-hybridized carbons (Fsp3) is 0.231. The van der Waals surface area contributed by atoms with Crippen molar-refractivity contribution in [3.63, 3.8) is 0 Å². The summed E-state index contributed by atoms with van der Waals surface area (Å²) >= 11 is 5.96. The highest BCUT2D eigenvalue weighted by atomic mass is 35.5. The van der Waals surface area contributed by atoms with Crippen LogP contribution in [0.3, 0.4) is 0 Å². The second-order valence-electron chi connectivity index (χ2n) is 3.30. The summed E-state index contributed by atoms with van der Waals surface area (Å²) in [4.78, 5) is 22.6. The van der Waals surface area contributed by atoms with Crippen LogP contribution in [0.25, 0.3) is 0 Å². The molecule has 0 aliphatic carbocycles. The lowest BCUT2D eigenvalue weighted by Gasteiger charge is -2.05. The highest BCUT2D eigenvalue weighted by Gasteiger charge is 2.09. The second kappa shape index (κ2) is 6.81. The molecule has 96 valence electrons. The van der Waals surface area contributed by atoms with Crippen LogP contribution in [-0.4, -0.2) is 25.5 Å². The van der Waals surface area contributed by atoms with Gasteiger partial charge >= 0.3 is 5.97 Å². The molecule has 0 aliphatic rings. The van der Waals surface area contributed by atoms with E-state index in [1.54, 1.807) is 18.2 Å². The average molecular weight is 269 g/mol. The van der Waals surface area contributed by atoms with Crippen molar-refractivity contribution in [3.05, 3.63) is 40.9 Å². The van der Waals surface area contributed by atoms with E-state index in [4.69, 9.17) is 16.3 Å². The lowest BCUT2D eigenvalue weighted by atomic mass is 10.1. The number of esters is 1. The number of hydrogen-bond donors (Lipinski definition) is 0. The topological polar surface area (TPSA) is 52.6 Å². The molecule has 0 aromatic heterocycles. The van der Waals surface area contributed by atoms with Gasteiger partial charge in [-0.15, -0.1) is 0 Å². The third kappa shape index (κ3) is 3.89. The summed E-state index contributed by atoms with van der Waals surface area (Å²) < 4.78 is 9.64. The monoisotopic (exact) mass is 268 g/mol. The molecule has 0 atom stereocenters. The maximum atomic E-state index is 11.7. The molecule has 4 nitrogen and oxygen atoms in total. The third-order valence-corrected chi connectivity index (χ3v) is 2.40. The zero-order valence-corrected chi connectivity index (χ0v) is 10.9. The van der Waals surface area contributed by atoms with Gasteiger partial charge in [0.05, 0.1) is 18.7 Å². The normalized spacial score (nSPS) is 10.4. The van der Waals surface area contributed by atoms with E-state index in [9.17, 15) is 9.59 Å². The quantitative estimate of drug-likeness (QED) is 0.468. The molecule has 0 fully saturated rings. The van der Waals surface area contributed by atoms with Crippen LogP contribution in [0, 0.1) is 0 Å². The molecule has 0 unspecified atom stereocenters. The number of methoxy groups -OCH3 is 1. The smallest absolute Gasteiger partial charge is 0.330 e. The zero-order chi connectivity index (χ0) is 13.5. The molecule has 0 saturated heterocycles. The molecular weight excluding hydrogens is 256 g/mol. The molecule has 18 heavy (non-hydrogen) atoms. The largest absolute Gasteiger partial charge is 0.494 e.